The number of epoxide rings is 1. The van der Waals surface area contributed by atoms with E-state index in [2.05, 4.69) is 4.74 Å². The molecule has 0 unspecified atom stereocenters. The number of hydrogen-bond donors (Lipinski definition) is 4. The molecule has 1 aliphatic heterocycles. The molecule has 0 aliphatic carbocycles. The average molecular weight is 164 g/mol. The molecule has 4 N–H and O–H groups in total. The minimum absolute atomic E-state index is 0.383. The van der Waals surface area contributed by atoms with E-state index in [0.717, 1.165) is 0 Å². The zero-order chi connectivity index (χ0) is 8.43. The Labute approximate surface area is 63.8 Å². The molecule has 0 spiro atoms. The summed E-state index contributed by atoms with van der Waals surface area (Å²) in [5.41, 5.74) is 0. The summed E-state index contributed by atoms with van der Waals surface area (Å²) in [5.74, 6) is 0. The molecule has 0 amide bonds. The molecular formula is C6H12O5. The van der Waals surface area contributed by atoms with Crippen LogP contribution in [0.25, 0.3) is 0 Å². The van der Waals surface area contributed by atoms with E-state index in [4.69, 9.17) is 20.4 Å². The number of ether oxygens (including phenoxy) is 1. The highest BCUT2D eigenvalue weighted by Gasteiger charge is 2.38. The summed E-state index contributed by atoms with van der Waals surface area (Å²) in [4.78, 5) is 0. The second-order valence-corrected chi connectivity index (χ2v) is 2.60. The van der Waals surface area contributed by atoms with Crippen LogP contribution < -0.4 is 0 Å². The van der Waals surface area contributed by atoms with Crippen molar-refractivity contribution in [3.63, 3.8) is 0 Å². The van der Waals surface area contributed by atoms with Crippen LogP contribution in [0.1, 0.15) is 0 Å². The third-order valence-corrected chi connectivity index (χ3v) is 1.67. The van der Waals surface area contributed by atoms with Crippen molar-refractivity contribution in [1.29, 1.82) is 0 Å². The molecule has 1 saturated heterocycles. The summed E-state index contributed by atoms with van der Waals surface area (Å²) >= 11 is 0. The predicted octanol–water partition coefficient (Wildman–Crippen LogP) is -2.54. The van der Waals surface area contributed by atoms with Crippen molar-refractivity contribution in [3.8, 4) is 0 Å². The van der Waals surface area contributed by atoms with E-state index in [9.17, 15) is 0 Å². The molecule has 4 atom stereocenters. The zero-order valence-corrected chi connectivity index (χ0v) is 5.92. The van der Waals surface area contributed by atoms with E-state index in [0.29, 0.717) is 6.61 Å². The highest BCUT2D eigenvalue weighted by molar-refractivity contribution is 4.87. The van der Waals surface area contributed by atoms with Gasteiger partial charge in [-0.2, -0.15) is 0 Å². The normalized spacial score (nSPS) is 31.1. The maximum Gasteiger partial charge on any atom is 0.111 e. The van der Waals surface area contributed by atoms with Gasteiger partial charge in [-0.25, -0.2) is 0 Å². The lowest BCUT2D eigenvalue weighted by Crippen LogP contribution is -2.42. The van der Waals surface area contributed by atoms with Gasteiger partial charge in [0.2, 0.25) is 0 Å². The molecule has 5 nitrogen and oxygen atoms in total. The Morgan fingerprint density at radius 1 is 1.36 bits per heavy atom. The van der Waals surface area contributed by atoms with Gasteiger partial charge in [0.25, 0.3) is 0 Å². The first-order chi connectivity index (χ1) is 5.16. The van der Waals surface area contributed by atoms with E-state index in [1.165, 1.54) is 0 Å². The fraction of sp³-hybridized carbons (Fsp3) is 1.00. The van der Waals surface area contributed by atoms with E-state index in [1.807, 2.05) is 0 Å². The Hall–Kier alpha value is -0.200. The fourth-order valence-electron chi connectivity index (χ4n) is 0.808. The molecule has 0 radical (unpaired) electrons. The van der Waals surface area contributed by atoms with Crippen molar-refractivity contribution >= 4 is 0 Å². The maximum atomic E-state index is 9.11. The van der Waals surface area contributed by atoms with Crippen molar-refractivity contribution in [1.82, 2.24) is 0 Å². The van der Waals surface area contributed by atoms with Crippen molar-refractivity contribution in [2.45, 2.75) is 24.4 Å². The van der Waals surface area contributed by atoms with Crippen LogP contribution >= 0.6 is 0 Å². The van der Waals surface area contributed by atoms with Crippen LogP contribution in [0.2, 0.25) is 0 Å². The first-order valence-corrected chi connectivity index (χ1v) is 3.43. The smallest absolute Gasteiger partial charge is 0.111 e. The zero-order valence-electron chi connectivity index (χ0n) is 5.92. The van der Waals surface area contributed by atoms with Gasteiger partial charge in [-0.3, -0.25) is 0 Å². The first kappa shape index (κ1) is 8.89. The quantitative estimate of drug-likeness (QED) is 0.343. The summed E-state index contributed by atoms with van der Waals surface area (Å²) in [6.07, 6.45) is -4.11. The molecule has 11 heavy (non-hydrogen) atoms. The van der Waals surface area contributed by atoms with Gasteiger partial charge in [0.05, 0.1) is 13.2 Å². The van der Waals surface area contributed by atoms with E-state index >= 15 is 0 Å². The summed E-state index contributed by atoms with van der Waals surface area (Å²) in [5, 5.41) is 35.4. The molecule has 1 rings (SSSR count). The third-order valence-electron chi connectivity index (χ3n) is 1.67. The highest BCUT2D eigenvalue weighted by Crippen LogP contribution is 2.17. The lowest BCUT2D eigenvalue weighted by molar-refractivity contribution is -0.0831. The molecule has 66 valence electrons. The van der Waals surface area contributed by atoms with Gasteiger partial charge in [0.1, 0.15) is 24.4 Å². The Morgan fingerprint density at radius 2 is 1.91 bits per heavy atom. The largest absolute Gasteiger partial charge is 0.394 e. The molecule has 0 aromatic rings. The molecule has 0 aromatic heterocycles. The van der Waals surface area contributed by atoms with Gasteiger partial charge >= 0.3 is 0 Å². The van der Waals surface area contributed by atoms with E-state index < -0.39 is 24.9 Å². The molecule has 5 heteroatoms. The molecule has 0 bridgehead atoms. The summed E-state index contributed by atoms with van der Waals surface area (Å²) < 4.78 is 4.68. The number of aliphatic hydroxyl groups is 4. The van der Waals surface area contributed by atoms with E-state index in [1.54, 1.807) is 0 Å². The minimum Gasteiger partial charge on any atom is -0.394 e. The van der Waals surface area contributed by atoms with Crippen molar-refractivity contribution in [2.24, 2.45) is 0 Å². The maximum absolute atomic E-state index is 9.11. The standard InChI is InChI=1S/C6H12O5/c7-1-3(8)5(9)6(10)4-2-11-4/h3-10H,1-2H2/t3-,4+,5-,6+/m1/s1. The van der Waals surface area contributed by atoms with Gasteiger partial charge < -0.3 is 25.2 Å². The summed E-state index contributed by atoms with van der Waals surface area (Å²) in [7, 11) is 0. The van der Waals surface area contributed by atoms with Crippen LogP contribution in [0, 0.1) is 0 Å². The second-order valence-electron chi connectivity index (χ2n) is 2.60. The van der Waals surface area contributed by atoms with Crippen LogP contribution in [-0.4, -0.2) is 58.1 Å². The third kappa shape index (κ3) is 2.11. The minimum atomic E-state index is -1.33. The van der Waals surface area contributed by atoms with Gasteiger partial charge in [-0.1, -0.05) is 0 Å². The topological polar surface area (TPSA) is 93.5 Å². The monoisotopic (exact) mass is 164 g/mol. The van der Waals surface area contributed by atoms with Gasteiger partial charge in [-0.05, 0) is 0 Å². The molecule has 0 aromatic carbocycles. The van der Waals surface area contributed by atoms with Crippen molar-refractivity contribution in [3.05, 3.63) is 0 Å². The number of hydrogen-bond acceptors (Lipinski definition) is 5. The van der Waals surface area contributed by atoms with Crippen molar-refractivity contribution in [2.75, 3.05) is 13.2 Å². The SMILES string of the molecule is OC[C@@H](O)[C@@H](O)[C@@H](O)[C@@H]1CO1. The Kier molecular flexibility index (Phi) is 2.80. The molecule has 1 fully saturated rings. The fourth-order valence-corrected chi connectivity index (χ4v) is 0.808. The van der Waals surface area contributed by atoms with Gasteiger partial charge in [-0.15, -0.1) is 0 Å². The second kappa shape index (κ2) is 3.46. The van der Waals surface area contributed by atoms with Crippen LogP contribution in [0.3, 0.4) is 0 Å². The molecule has 1 heterocycles. The van der Waals surface area contributed by atoms with Gasteiger partial charge in [0.15, 0.2) is 0 Å². The first-order valence-electron chi connectivity index (χ1n) is 3.43. The lowest BCUT2D eigenvalue weighted by atomic mass is 10.1. The Morgan fingerprint density at radius 3 is 2.27 bits per heavy atom. The molecule has 1 aliphatic rings. The molecular weight excluding hydrogens is 152 g/mol. The average Bonchev–Trinajstić information content (AvgIpc) is 2.82. The van der Waals surface area contributed by atoms with Gasteiger partial charge in [0, 0.05) is 0 Å². The Balaban J connectivity index is 2.31. The highest BCUT2D eigenvalue weighted by atomic mass is 16.6. The molecule has 0 saturated carbocycles. The lowest BCUT2D eigenvalue weighted by Gasteiger charge is -2.19. The van der Waals surface area contributed by atoms with Crippen LogP contribution in [-0.2, 0) is 4.74 Å². The number of aliphatic hydroxyl groups excluding tert-OH is 4. The Bertz CT molecular complexity index is 124. The van der Waals surface area contributed by atoms with E-state index in [-0.39, 0.29) is 6.10 Å². The predicted molar refractivity (Wildman–Crippen MR) is 34.8 cm³/mol. The summed E-state index contributed by atoms with van der Waals surface area (Å²) in [6.45, 7) is -0.165. The number of rotatable bonds is 4. The summed E-state index contributed by atoms with van der Waals surface area (Å²) in [6, 6.07) is 0. The van der Waals surface area contributed by atoms with Crippen LogP contribution in [0.5, 0.6) is 0 Å². The van der Waals surface area contributed by atoms with Crippen molar-refractivity contribution < 1.29 is 25.2 Å². The van der Waals surface area contributed by atoms with Crippen LogP contribution in [0.4, 0.5) is 0 Å². The van der Waals surface area contributed by atoms with Crippen LogP contribution in [0.15, 0.2) is 0 Å².